The van der Waals surface area contributed by atoms with Crippen molar-refractivity contribution < 1.29 is 9.47 Å². The van der Waals surface area contributed by atoms with Gasteiger partial charge in [-0.2, -0.15) is 0 Å². The normalized spacial score (nSPS) is 26.1. The molecule has 2 aliphatic rings. The molecule has 2 saturated heterocycles. The van der Waals surface area contributed by atoms with E-state index in [1.165, 1.54) is 57.4 Å². The first-order chi connectivity index (χ1) is 10.7. The zero-order chi connectivity index (χ0) is 15.4. The summed E-state index contributed by atoms with van der Waals surface area (Å²) >= 11 is 0. The Morgan fingerprint density at radius 2 is 1.82 bits per heavy atom. The number of methoxy groups -OCH3 is 2. The highest BCUT2D eigenvalue weighted by Crippen LogP contribution is 2.36. The number of likely N-dealkylation sites (tertiary alicyclic amines) is 1. The lowest BCUT2D eigenvalue weighted by molar-refractivity contribution is 0.0600. The molecule has 2 heterocycles. The summed E-state index contributed by atoms with van der Waals surface area (Å²) in [6.45, 7) is 5.76. The second-order valence-electron chi connectivity index (χ2n) is 6.82. The number of piperidine rings is 2. The molecule has 1 N–H and O–H groups in total. The summed E-state index contributed by atoms with van der Waals surface area (Å²) < 4.78 is 10.8. The molecule has 0 radical (unpaired) electrons. The van der Waals surface area contributed by atoms with E-state index in [9.17, 15) is 0 Å². The summed E-state index contributed by atoms with van der Waals surface area (Å²) in [6.07, 6.45) is 5.37. The van der Waals surface area contributed by atoms with Gasteiger partial charge in [0.25, 0.3) is 0 Å². The summed E-state index contributed by atoms with van der Waals surface area (Å²) in [6, 6.07) is 6.19. The molecule has 2 aliphatic heterocycles. The molecule has 4 nitrogen and oxygen atoms in total. The van der Waals surface area contributed by atoms with E-state index in [0.717, 1.165) is 18.0 Å². The quantitative estimate of drug-likeness (QED) is 0.927. The fraction of sp³-hybridized carbons (Fsp3) is 0.667. The van der Waals surface area contributed by atoms with Crippen molar-refractivity contribution in [2.45, 2.75) is 32.2 Å². The molecule has 22 heavy (non-hydrogen) atoms. The molecule has 4 heteroatoms. The first kappa shape index (κ1) is 15.6. The van der Waals surface area contributed by atoms with Crippen molar-refractivity contribution in [2.24, 2.45) is 5.41 Å². The molecule has 1 unspecified atom stereocenters. The SMILES string of the molecule is COc1cc(CN2CCCC3(CCCNC3)C2)cc(OC)c1. The van der Waals surface area contributed by atoms with Gasteiger partial charge in [0.15, 0.2) is 0 Å². The molecule has 1 aromatic carbocycles. The smallest absolute Gasteiger partial charge is 0.122 e. The first-order valence-electron chi connectivity index (χ1n) is 8.38. The highest BCUT2D eigenvalue weighted by atomic mass is 16.5. The number of benzene rings is 1. The molecule has 0 saturated carbocycles. The average Bonchev–Trinajstić information content (AvgIpc) is 2.55. The van der Waals surface area contributed by atoms with Gasteiger partial charge in [0.05, 0.1) is 14.2 Å². The van der Waals surface area contributed by atoms with Gasteiger partial charge in [0.1, 0.15) is 11.5 Å². The molecule has 3 rings (SSSR count). The van der Waals surface area contributed by atoms with E-state index in [4.69, 9.17) is 9.47 Å². The topological polar surface area (TPSA) is 33.7 Å². The zero-order valence-electron chi connectivity index (χ0n) is 13.9. The first-order valence-corrected chi connectivity index (χ1v) is 8.38. The second kappa shape index (κ2) is 6.88. The lowest BCUT2D eigenvalue weighted by Gasteiger charge is -2.45. The van der Waals surface area contributed by atoms with Crippen molar-refractivity contribution in [3.63, 3.8) is 0 Å². The van der Waals surface area contributed by atoms with E-state index in [0.29, 0.717) is 5.41 Å². The number of hydrogen-bond acceptors (Lipinski definition) is 4. The molecular weight excluding hydrogens is 276 g/mol. The fourth-order valence-corrected chi connectivity index (χ4v) is 4.04. The average molecular weight is 304 g/mol. The third-order valence-corrected chi connectivity index (χ3v) is 5.12. The van der Waals surface area contributed by atoms with Crippen LogP contribution in [0.4, 0.5) is 0 Å². The van der Waals surface area contributed by atoms with Gasteiger partial charge < -0.3 is 14.8 Å². The Morgan fingerprint density at radius 1 is 1.09 bits per heavy atom. The maximum absolute atomic E-state index is 5.39. The molecular formula is C18H28N2O2. The summed E-state index contributed by atoms with van der Waals surface area (Å²) in [7, 11) is 3.42. The molecule has 0 aliphatic carbocycles. The summed E-state index contributed by atoms with van der Waals surface area (Å²) in [4.78, 5) is 2.60. The maximum Gasteiger partial charge on any atom is 0.122 e. The molecule has 1 spiro atoms. The van der Waals surface area contributed by atoms with Gasteiger partial charge in [-0.15, -0.1) is 0 Å². The standard InChI is InChI=1S/C18H28N2O2/c1-21-16-9-15(10-17(11-16)22-2)12-20-8-4-6-18(14-20)5-3-7-19-13-18/h9-11,19H,3-8,12-14H2,1-2H3. The van der Waals surface area contributed by atoms with Crippen molar-refractivity contribution in [3.05, 3.63) is 23.8 Å². The van der Waals surface area contributed by atoms with Crippen LogP contribution in [-0.2, 0) is 6.54 Å². The summed E-state index contributed by atoms with van der Waals surface area (Å²) in [5.74, 6) is 1.75. The Bertz CT molecular complexity index is 470. The van der Waals surface area contributed by atoms with E-state index in [2.05, 4.69) is 22.3 Å². The third-order valence-electron chi connectivity index (χ3n) is 5.12. The minimum Gasteiger partial charge on any atom is -0.497 e. The van der Waals surface area contributed by atoms with Gasteiger partial charge in [-0.3, -0.25) is 4.90 Å². The fourth-order valence-electron chi connectivity index (χ4n) is 4.04. The van der Waals surface area contributed by atoms with Crippen molar-refractivity contribution in [3.8, 4) is 11.5 Å². The molecule has 1 aromatic rings. The van der Waals surface area contributed by atoms with E-state index >= 15 is 0 Å². The molecule has 0 bridgehead atoms. The van der Waals surface area contributed by atoms with Crippen molar-refractivity contribution in [1.29, 1.82) is 0 Å². The highest BCUT2D eigenvalue weighted by Gasteiger charge is 2.36. The number of ether oxygens (including phenoxy) is 2. The predicted octanol–water partition coefficient (Wildman–Crippen LogP) is 2.67. The van der Waals surface area contributed by atoms with Crippen molar-refractivity contribution in [1.82, 2.24) is 10.2 Å². The van der Waals surface area contributed by atoms with Crippen LogP contribution < -0.4 is 14.8 Å². The van der Waals surface area contributed by atoms with Crippen LogP contribution in [-0.4, -0.2) is 45.3 Å². The summed E-state index contributed by atoms with van der Waals surface area (Å²) in [5.41, 5.74) is 1.77. The predicted molar refractivity (Wildman–Crippen MR) is 88.6 cm³/mol. The van der Waals surface area contributed by atoms with Crippen LogP contribution in [0.2, 0.25) is 0 Å². The Hall–Kier alpha value is -1.26. The summed E-state index contributed by atoms with van der Waals surface area (Å²) in [5, 5.41) is 3.60. The van der Waals surface area contributed by atoms with E-state index in [1.54, 1.807) is 14.2 Å². The van der Waals surface area contributed by atoms with Gasteiger partial charge in [0, 0.05) is 25.7 Å². The van der Waals surface area contributed by atoms with Crippen LogP contribution in [0, 0.1) is 5.41 Å². The van der Waals surface area contributed by atoms with Gasteiger partial charge >= 0.3 is 0 Å². The van der Waals surface area contributed by atoms with Crippen LogP contribution in [0.3, 0.4) is 0 Å². The van der Waals surface area contributed by atoms with Crippen molar-refractivity contribution in [2.75, 3.05) is 40.4 Å². The Kier molecular flexibility index (Phi) is 4.89. The number of nitrogens with zero attached hydrogens (tertiary/aromatic N) is 1. The van der Waals surface area contributed by atoms with E-state index < -0.39 is 0 Å². The lowest BCUT2D eigenvalue weighted by Crippen LogP contribution is -2.50. The monoisotopic (exact) mass is 304 g/mol. The molecule has 0 aromatic heterocycles. The van der Waals surface area contributed by atoms with Gasteiger partial charge in [0.2, 0.25) is 0 Å². The minimum absolute atomic E-state index is 0.499. The lowest BCUT2D eigenvalue weighted by atomic mass is 9.74. The van der Waals surface area contributed by atoms with Crippen LogP contribution in [0.1, 0.15) is 31.2 Å². The second-order valence-corrected chi connectivity index (χ2v) is 6.82. The largest absolute Gasteiger partial charge is 0.497 e. The number of rotatable bonds is 4. The van der Waals surface area contributed by atoms with Crippen LogP contribution in [0.25, 0.3) is 0 Å². The highest BCUT2D eigenvalue weighted by molar-refractivity contribution is 5.38. The van der Waals surface area contributed by atoms with E-state index in [-0.39, 0.29) is 0 Å². The zero-order valence-corrected chi connectivity index (χ0v) is 13.9. The number of nitrogens with one attached hydrogen (secondary N) is 1. The van der Waals surface area contributed by atoms with Crippen LogP contribution in [0.5, 0.6) is 11.5 Å². The van der Waals surface area contributed by atoms with Crippen molar-refractivity contribution >= 4 is 0 Å². The van der Waals surface area contributed by atoms with Gasteiger partial charge in [-0.25, -0.2) is 0 Å². The molecule has 0 amide bonds. The van der Waals surface area contributed by atoms with Gasteiger partial charge in [-0.05, 0) is 61.9 Å². The van der Waals surface area contributed by atoms with Crippen LogP contribution in [0.15, 0.2) is 18.2 Å². The Balaban J connectivity index is 1.69. The number of hydrogen-bond donors (Lipinski definition) is 1. The van der Waals surface area contributed by atoms with Gasteiger partial charge in [-0.1, -0.05) is 0 Å². The molecule has 1 atom stereocenters. The van der Waals surface area contributed by atoms with Crippen LogP contribution >= 0.6 is 0 Å². The molecule has 122 valence electrons. The van der Waals surface area contributed by atoms with E-state index in [1.807, 2.05) is 6.07 Å². The maximum atomic E-state index is 5.39. The molecule has 2 fully saturated rings. The Morgan fingerprint density at radius 3 is 2.45 bits per heavy atom. The minimum atomic E-state index is 0.499. The third kappa shape index (κ3) is 3.55. The Labute approximate surface area is 133 Å².